The summed E-state index contributed by atoms with van der Waals surface area (Å²) in [5.74, 6) is 0. The van der Waals surface area contributed by atoms with E-state index in [1.165, 1.54) is 0 Å². The van der Waals surface area contributed by atoms with E-state index in [1.54, 1.807) is 0 Å². The Morgan fingerprint density at radius 3 is 2.47 bits per heavy atom. The number of hydrogen-bond acceptors (Lipinski definition) is 2. The molecule has 1 N–H and O–H groups in total. The van der Waals surface area contributed by atoms with Crippen LogP contribution in [0.3, 0.4) is 0 Å². The molecule has 1 amide bonds. The van der Waals surface area contributed by atoms with E-state index in [9.17, 15) is 4.79 Å². The molecule has 1 aromatic carbocycles. The summed E-state index contributed by atoms with van der Waals surface area (Å²) in [4.78, 5) is 11.4. The fourth-order valence-electron chi connectivity index (χ4n) is 1.31. The SMILES string of the molecule is CC(C)(C)CCNC(=O)OCc1ccccc1. The van der Waals surface area contributed by atoms with E-state index in [0.29, 0.717) is 13.2 Å². The van der Waals surface area contributed by atoms with Crippen LogP contribution in [0.1, 0.15) is 32.8 Å². The summed E-state index contributed by atoms with van der Waals surface area (Å²) in [7, 11) is 0. The van der Waals surface area contributed by atoms with Crippen LogP contribution in [-0.4, -0.2) is 12.6 Å². The van der Waals surface area contributed by atoms with Gasteiger partial charge in [0.2, 0.25) is 0 Å². The molecule has 0 aliphatic carbocycles. The maximum atomic E-state index is 11.4. The van der Waals surface area contributed by atoms with Gasteiger partial charge in [0.1, 0.15) is 6.61 Å². The number of ether oxygens (including phenoxy) is 1. The Morgan fingerprint density at radius 2 is 1.88 bits per heavy atom. The van der Waals surface area contributed by atoms with Gasteiger partial charge in [0.25, 0.3) is 0 Å². The van der Waals surface area contributed by atoms with Crippen LogP contribution >= 0.6 is 0 Å². The van der Waals surface area contributed by atoms with Crippen LogP contribution in [0.2, 0.25) is 0 Å². The van der Waals surface area contributed by atoms with Gasteiger partial charge in [0.15, 0.2) is 0 Å². The average Bonchev–Trinajstić information content (AvgIpc) is 2.26. The summed E-state index contributed by atoms with van der Waals surface area (Å²) in [6, 6.07) is 9.66. The minimum Gasteiger partial charge on any atom is -0.445 e. The fraction of sp³-hybridized carbons (Fsp3) is 0.500. The Bertz CT molecular complexity index is 341. The Balaban J connectivity index is 2.18. The molecule has 0 fully saturated rings. The van der Waals surface area contributed by atoms with Crippen LogP contribution in [0.4, 0.5) is 4.79 Å². The molecule has 3 heteroatoms. The Hall–Kier alpha value is -1.51. The second kappa shape index (κ2) is 6.28. The number of carbonyl (C=O) groups excluding carboxylic acids is 1. The second-order valence-corrected chi connectivity index (χ2v) is 5.30. The predicted octanol–water partition coefficient (Wildman–Crippen LogP) is 3.35. The summed E-state index contributed by atoms with van der Waals surface area (Å²) >= 11 is 0. The zero-order valence-electron chi connectivity index (χ0n) is 10.8. The molecule has 0 saturated heterocycles. The van der Waals surface area contributed by atoms with E-state index in [0.717, 1.165) is 12.0 Å². The molecule has 0 spiro atoms. The summed E-state index contributed by atoms with van der Waals surface area (Å²) < 4.78 is 5.09. The van der Waals surface area contributed by atoms with Gasteiger partial charge in [-0.2, -0.15) is 0 Å². The number of amides is 1. The Labute approximate surface area is 103 Å². The summed E-state index contributed by atoms with van der Waals surface area (Å²) in [5, 5.41) is 2.75. The molecule has 0 unspecified atom stereocenters. The fourth-order valence-corrected chi connectivity index (χ4v) is 1.31. The van der Waals surface area contributed by atoms with Crippen molar-refractivity contribution in [1.29, 1.82) is 0 Å². The molecule has 0 aliphatic heterocycles. The van der Waals surface area contributed by atoms with Crippen molar-refractivity contribution in [1.82, 2.24) is 5.32 Å². The van der Waals surface area contributed by atoms with Crippen LogP contribution in [0.15, 0.2) is 30.3 Å². The predicted molar refractivity (Wildman–Crippen MR) is 68.7 cm³/mol. The highest BCUT2D eigenvalue weighted by atomic mass is 16.5. The van der Waals surface area contributed by atoms with Crippen LogP contribution in [0, 0.1) is 5.41 Å². The normalized spacial score (nSPS) is 11.0. The Kier molecular flexibility index (Phi) is 5.01. The minimum atomic E-state index is -0.349. The maximum absolute atomic E-state index is 11.4. The summed E-state index contributed by atoms with van der Waals surface area (Å²) in [6.45, 7) is 7.40. The van der Waals surface area contributed by atoms with E-state index in [-0.39, 0.29) is 11.5 Å². The molecule has 94 valence electrons. The van der Waals surface area contributed by atoms with Gasteiger partial charge in [0.05, 0.1) is 0 Å². The van der Waals surface area contributed by atoms with Crippen LogP contribution < -0.4 is 5.32 Å². The number of hydrogen-bond donors (Lipinski definition) is 1. The van der Waals surface area contributed by atoms with Gasteiger partial charge in [-0.05, 0) is 17.4 Å². The van der Waals surface area contributed by atoms with Crippen molar-refractivity contribution in [2.24, 2.45) is 5.41 Å². The molecule has 0 heterocycles. The van der Waals surface area contributed by atoms with Gasteiger partial charge in [-0.15, -0.1) is 0 Å². The van der Waals surface area contributed by atoms with Crippen LogP contribution in [0.5, 0.6) is 0 Å². The van der Waals surface area contributed by atoms with Crippen molar-refractivity contribution in [2.45, 2.75) is 33.8 Å². The number of alkyl carbamates (subject to hydrolysis) is 1. The quantitative estimate of drug-likeness (QED) is 0.869. The largest absolute Gasteiger partial charge is 0.445 e. The number of benzene rings is 1. The molecule has 0 aliphatic rings. The lowest BCUT2D eigenvalue weighted by Crippen LogP contribution is -2.27. The Morgan fingerprint density at radius 1 is 1.24 bits per heavy atom. The smallest absolute Gasteiger partial charge is 0.407 e. The molecular weight excluding hydrogens is 214 g/mol. The first-order valence-corrected chi connectivity index (χ1v) is 5.92. The lowest BCUT2D eigenvalue weighted by atomic mass is 9.92. The van der Waals surface area contributed by atoms with Gasteiger partial charge in [-0.1, -0.05) is 51.1 Å². The third-order valence-electron chi connectivity index (χ3n) is 2.36. The topological polar surface area (TPSA) is 38.3 Å². The molecule has 3 nitrogen and oxygen atoms in total. The number of nitrogens with one attached hydrogen (secondary N) is 1. The highest BCUT2D eigenvalue weighted by Crippen LogP contribution is 2.16. The van der Waals surface area contributed by atoms with Crippen LogP contribution in [0.25, 0.3) is 0 Å². The molecule has 0 aromatic heterocycles. The zero-order valence-corrected chi connectivity index (χ0v) is 10.8. The van der Waals surface area contributed by atoms with Crippen molar-refractivity contribution in [3.63, 3.8) is 0 Å². The van der Waals surface area contributed by atoms with E-state index in [2.05, 4.69) is 26.1 Å². The van der Waals surface area contributed by atoms with Gasteiger partial charge < -0.3 is 10.1 Å². The molecular formula is C14H21NO2. The van der Waals surface area contributed by atoms with Crippen molar-refractivity contribution in [2.75, 3.05) is 6.54 Å². The van der Waals surface area contributed by atoms with Gasteiger partial charge in [-0.25, -0.2) is 4.79 Å². The monoisotopic (exact) mass is 235 g/mol. The third kappa shape index (κ3) is 6.61. The number of rotatable bonds is 4. The number of carbonyl (C=O) groups is 1. The van der Waals surface area contributed by atoms with E-state index < -0.39 is 0 Å². The highest BCUT2D eigenvalue weighted by Gasteiger charge is 2.10. The molecule has 1 rings (SSSR count). The van der Waals surface area contributed by atoms with E-state index in [4.69, 9.17) is 4.74 Å². The molecule has 17 heavy (non-hydrogen) atoms. The molecule has 0 atom stereocenters. The van der Waals surface area contributed by atoms with E-state index >= 15 is 0 Å². The molecule has 0 saturated carbocycles. The first-order chi connectivity index (χ1) is 7.97. The standard InChI is InChI=1S/C14H21NO2/c1-14(2,3)9-10-15-13(16)17-11-12-7-5-4-6-8-12/h4-8H,9-11H2,1-3H3,(H,15,16). The molecule has 1 aromatic rings. The first kappa shape index (κ1) is 13.6. The third-order valence-corrected chi connectivity index (χ3v) is 2.36. The van der Waals surface area contributed by atoms with Crippen molar-refractivity contribution in [3.8, 4) is 0 Å². The highest BCUT2D eigenvalue weighted by molar-refractivity contribution is 5.67. The molecule has 0 bridgehead atoms. The zero-order chi connectivity index (χ0) is 12.7. The van der Waals surface area contributed by atoms with Gasteiger partial charge in [-0.3, -0.25) is 0 Å². The van der Waals surface area contributed by atoms with Crippen molar-refractivity contribution in [3.05, 3.63) is 35.9 Å². The van der Waals surface area contributed by atoms with Crippen molar-refractivity contribution < 1.29 is 9.53 Å². The van der Waals surface area contributed by atoms with Gasteiger partial charge in [0, 0.05) is 6.54 Å². The maximum Gasteiger partial charge on any atom is 0.407 e. The van der Waals surface area contributed by atoms with Crippen LogP contribution in [-0.2, 0) is 11.3 Å². The second-order valence-electron chi connectivity index (χ2n) is 5.30. The van der Waals surface area contributed by atoms with Crippen molar-refractivity contribution >= 4 is 6.09 Å². The summed E-state index contributed by atoms with van der Waals surface area (Å²) in [5.41, 5.74) is 1.23. The average molecular weight is 235 g/mol. The minimum absolute atomic E-state index is 0.229. The molecule has 0 radical (unpaired) electrons. The lowest BCUT2D eigenvalue weighted by molar-refractivity contribution is 0.138. The first-order valence-electron chi connectivity index (χ1n) is 5.92. The lowest BCUT2D eigenvalue weighted by Gasteiger charge is -2.17. The van der Waals surface area contributed by atoms with E-state index in [1.807, 2.05) is 30.3 Å². The van der Waals surface area contributed by atoms with Gasteiger partial charge >= 0.3 is 6.09 Å². The summed E-state index contributed by atoms with van der Waals surface area (Å²) in [6.07, 6.45) is 0.589.